The van der Waals surface area contributed by atoms with Crippen LogP contribution in [0.15, 0.2) is 24.3 Å². The van der Waals surface area contributed by atoms with E-state index in [-0.39, 0.29) is 36.1 Å². The average molecular weight is 374 g/mol. The van der Waals surface area contributed by atoms with Gasteiger partial charge in [-0.3, -0.25) is 14.6 Å². The van der Waals surface area contributed by atoms with Crippen molar-refractivity contribution in [2.45, 2.75) is 45.9 Å². The van der Waals surface area contributed by atoms with Crippen molar-refractivity contribution in [1.29, 1.82) is 0 Å². The molecule has 0 radical (unpaired) electrons. The number of carbonyl (C=O) groups excluding carboxylic acids is 2. The number of nitrogens with zero attached hydrogens (tertiary/aromatic N) is 2. The molecule has 148 valence electrons. The lowest BCUT2D eigenvalue weighted by atomic mass is 9.99. The molecule has 7 heteroatoms. The van der Waals surface area contributed by atoms with Crippen molar-refractivity contribution in [3.8, 4) is 0 Å². The number of amides is 3. The number of ether oxygens (including phenoxy) is 1. The van der Waals surface area contributed by atoms with E-state index in [1.54, 1.807) is 4.90 Å². The second kappa shape index (κ2) is 8.27. The zero-order chi connectivity index (χ0) is 19.6. The van der Waals surface area contributed by atoms with E-state index in [9.17, 15) is 9.59 Å². The summed E-state index contributed by atoms with van der Waals surface area (Å²) < 4.78 is 5.80. The number of rotatable bonds is 5. The van der Waals surface area contributed by atoms with E-state index in [4.69, 9.17) is 4.74 Å². The Hall–Kier alpha value is -2.12. The van der Waals surface area contributed by atoms with Crippen LogP contribution in [0.5, 0.6) is 0 Å². The standard InChI is InChI=1S/C20H30N4O3/c1-13(2)18(23-11-14(3)27-15(4)12-23)19(25)22-16-5-7-17(8-6-16)24-10-9-21-20(24)26/h5-8,13-15,18H,9-12H2,1-4H3,(H,21,26)(H,22,25)/t14-,15+,18-/m1/s1. The van der Waals surface area contributed by atoms with Crippen LogP contribution in [0.4, 0.5) is 16.2 Å². The number of hydrogen-bond acceptors (Lipinski definition) is 4. The van der Waals surface area contributed by atoms with Gasteiger partial charge in [0.15, 0.2) is 0 Å². The molecule has 2 heterocycles. The highest BCUT2D eigenvalue weighted by Crippen LogP contribution is 2.22. The molecule has 2 N–H and O–H groups in total. The Kier molecular flexibility index (Phi) is 6.01. The first-order valence-corrected chi connectivity index (χ1v) is 9.71. The van der Waals surface area contributed by atoms with Gasteiger partial charge in [0, 0.05) is 37.6 Å². The molecular weight excluding hydrogens is 344 g/mol. The number of benzene rings is 1. The summed E-state index contributed by atoms with van der Waals surface area (Å²) >= 11 is 0. The zero-order valence-electron chi connectivity index (χ0n) is 16.6. The van der Waals surface area contributed by atoms with Crippen molar-refractivity contribution in [3.63, 3.8) is 0 Å². The molecule has 3 atom stereocenters. The Morgan fingerprint density at radius 3 is 2.33 bits per heavy atom. The van der Waals surface area contributed by atoms with Crippen LogP contribution >= 0.6 is 0 Å². The fourth-order valence-electron chi connectivity index (χ4n) is 3.99. The lowest BCUT2D eigenvalue weighted by Crippen LogP contribution is -2.55. The summed E-state index contributed by atoms with van der Waals surface area (Å²) in [4.78, 5) is 28.7. The molecule has 0 aromatic heterocycles. The van der Waals surface area contributed by atoms with Gasteiger partial charge in [0.05, 0.1) is 18.2 Å². The second-order valence-corrected chi connectivity index (χ2v) is 7.82. The van der Waals surface area contributed by atoms with Crippen LogP contribution in [-0.2, 0) is 9.53 Å². The van der Waals surface area contributed by atoms with Crippen molar-refractivity contribution in [2.24, 2.45) is 5.92 Å². The van der Waals surface area contributed by atoms with Gasteiger partial charge in [-0.25, -0.2) is 4.79 Å². The fourth-order valence-corrected chi connectivity index (χ4v) is 3.99. The molecule has 0 spiro atoms. The van der Waals surface area contributed by atoms with Gasteiger partial charge in [-0.15, -0.1) is 0 Å². The van der Waals surface area contributed by atoms with Gasteiger partial charge in [-0.1, -0.05) is 13.8 Å². The molecule has 3 rings (SSSR count). The zero-order valence-corrected chi connectivity index (χ0v) is 16.6. The molecule has 1 aromatic rings. The molecule has 27 heavy (non-hydrogen) atoms. The number of anilines is 2. The molecule has 1 aromatic carbocycles. The van der Waals surface area contributed by atoms with Gasteiger partial charge in [0.1, 0.15) is 0 Å². The highest BCUT2D eigenvalue weighted by molar-refractivity contribution is 5.96. The summed E-state index contributed by atoms with van der Waals surface area (Å²) in [5, 5.41) is 5.83. The highest BCUT2D eigenvalue weighted by atomic mass is 16.5. The molecule has 3 amide bonds. The monoisotopic (exact) mass is 374 g/mol. The molecule has 2 aliphatic rings. The van der Waals surface area contributed by atoms with Crippen molar-refractivity contribution in [1.82, 2.24) is 10.2 Å². The van der Waals surface area contributed by atoms with Crippen molar-refractivity contribution >= 4 is 23.3 Å². The second-order valence-electron chi connectivity index (χ2n) is 7.82. The number of hydrogen-bond donors (Lipinski definition) is 2. The topological polar surface area (TPSA) is 73.9 Å². The maximum absolute atomic E-state index is 13.0. The van der Waals surface area contributed by atoms with Crippen LogP contribution in [0, 0.1) is 5.92 Å². The van der Waals surface area contributed by atoms with Crippen LogP contribution in [0.1, 0.15) is 27.7 Å². The van der Waals surface area contributed by atoms with E-state index in [0.717, 1.165) is 24.5 Å². The van der Waals surface area contributed by atoms with E-state index in [2.05, 4.69) is 29.4 Å². The van der Waals surface area contributed by atoms with Gasteiger partial charge < -0.3 is 15.4 Å². The van der Waals surface area contributed by atoms with Gasteiger partial charge in [-0.2, -0.15) is 0 Å². The number of morpholine rings is 1. The van der Waals surface area contributed by atoms with Gasteiger partial charge >= 0.3 is 6.03 Å². The van der Waals surface area contributed by atoms with Crippen molar-refractivity contribution < 1.29 is 14.3 Å². The van der Waals surface area contributed by atoms with Crippen LogP contribution < -0.4 is 15.5 Å². The summed E-state index contributed by atoms with van der Waals surface area (Å²) in [6.45, 7) is 11.1. The Bertz CT molecular complexity index is 666. The van der Waals surface area contributed by atoms with Crippen molar-refractivity contribution in [2.75, 3.05) is 36.4 Å². The predicted molar refractivity (Wildman–Crippen MR) is 106 cm³/mol. The lowest BCUT2D eigenvalue weighted by molar-refractivity contribution is -0.130. The van der Waals surface area contributed by atoms with Crippen LogP contribution in [-0.4, -0.2) is 61.3 Å². The average Bonchev–Trinajstić information content (AvgIpc) is 3.00. The molecule has 0 unspecified atom stereocenters. The summed E-state index contributed by atoms with van der Waals surface area (Å²) in [7, 11) is 0. The van der Waals surface area contributed by atoms with Crippen LogP contribution in [0.2, 0.25) is 0 Å². The van der Waals surface area contributed by atoms with Crippen LogP contribution in [0.3, 0.4) is 0 Å². The first kappa shape index (κ1) is 19.6. The highest BCUT2D eigenvalue weighted by Gasteiger charge is 2.34. The normalized spacial score (nSPS) is 24.8. The molecular formula is C20H30N4O3. The van der Waals surface area contributed by atoms with E-state index >= 15 is 0 Å². The molecule has 2 fully saturated rings. The molecule has 2 saturated heterocycles. The predicted octanol–water partition coefficient (Wildman–Crippen LogP) is 2.29. The van der Waals surface area contributed by atoms with Crippen LogP contribution in [0.25, 0.3) is 0 Å². The first-order chi connectivity index (χ1) is 12.8. The quantitative estimate of drug-likeness (QED) is 0.829. The Morgan fingerprint density at radius 1 is 1.19 bits per heavy atom. The van der Waals surface area contributed by atoms with E-state index in [1.807, 2.05) is 38.1 Å². The summed E-state index contributed by atoms with van der Waals surface area (Å²) in [6, 6.07) is 7.14. The molecule has 0 saturated carbocycles. The number of nitrogens with one attached hydrogen (secondary N) is 2. The summed E-state index contributed by atoms with van der Waals surface area (Å²) in [5.41, 5.74) is 1.57. The minimum Gasteiger partial charge on any atom is -0.373 e. The maximum Gasteiger partial charge on any atom is 0.321 e. The summed E-state index contributed by atoms with van der Waals surface area (Å²) in [5.74, 6) is 0.188. The smallest absolute Gasteiger partial charge is 0.321 e. The fraction of sp³-hybridized carbons (Fsp3) is 0.600. The maximum atomic E-state index is 13.0. The van der Waals surface area contributed by atoms with Gasteiger partial charge in [0.25, 0.3) is 0 Å². The third kappa shape index (κ3) is 4.59. The largest absolute Gasteiger partial charge is 0.373 e. The van der Waals surface area contributed by atoms with Crippen molar-refractivity contribution in [3.05, 3.63) is 24.3 Å². The van der Waals surface area contributed by atoms with E-state index in [1.165, 1.54) is 0 Å². The minimum atomic E-state index is -0.206. The summed E-state index contributed by atoms with van der Waals surface area (Å²) in [6.07, 6.45) is 0.238. The van der Waals surface area contributed by atoms with E-state index < -0.39 is 0 Å². The van der Waals surface area contributed by atoms with Gasteiger partial charge in [-0.05, 0) is 44.0 Å². The number of carbonyl (C=O) groups is 2. The minimum absolute atomic E-state index is 0.00188. The molecule has 0 bridgehead atoms. The molecule has 2 aliphatic heterocycles. The Labute approximate surface area is 161 Å². The third-order valence-electron chi connectivity index (χ3n) is 5.04. The molecule has 0 aliphatic carbocycles. The van der Waals surface area contributed by atoms with Gasteiger partial charge in [0.2, 0.25) is 5.91 Å². The first-order valence-electron chi connectivity index (χ1n) is 9.71. The Morgan fingerprint density at radius 2 is 1.81 bits per heavy atom. The third-order valence-corrected chi connectivity index (χ3v) is 5.04. The van der Waals surface area contributed by atoms with E-state index in [0.29, 0.717) is 13.1 Å². The SMILES string of the molecule is CC(C)[C@H](C(=O)Nc1ccc(N2CCNC2=O)cc1)N1C[C@@H](C)O[C@@H](C)C1. The molecule has 7 nitrogen and oxygen atoms in total. The number of urea groups is 1. The lowest BCUT2D eigenvalue weighted by Gasteiger charge is -2.41. The Balaban J connectivity index is 1.67.